The third kappa shape index (κ3) is 7.11. The fraction of sp³-hybridized carbons (Fsp3) is 0.290. The number of nitrogens with zero attached hydrogens (tertiary/aromatic N) is 4. The second kappa shape index (κ2) is 13.0. The number of likely N-dealkylation sites (N-methyl/N-ethyl adjacent to an activating group) is 1. The molecule has 9 nitrogen and oxygen atoms in total. The predicted molar refractivity (Wildman–Crippen MR) is 164 cm³/mol. The lowest BCUT2D eigenvalue weighted by Gasteiger charge is -2.33. The van der Waals surface area contributed by atoms with Crippen LogP contribution in [0.3, 0.4) is 0 Å². The Morgan fingerprint density at radius 1 is 1.17 bits per heavy atom. The third-order valence-corrected chi connectivity index (χ3v) is 7.36. The van der Waals surface area contributed by atoms with E-state index >= 15 is 0 Å². The van der Waals surface area contributed by atoms with Gasteiger partial charge in [0.25, 0.3) is 5.91 Å². The Labute approximate surface area is 244 Å². The van der Waals surface area contributed by atoms with Crippen molar-refractivity contribution < 1.29 is 9.59 Å². The van der Waals surface area contributed by atoms with Gasteiger partial charge in [0.15, 0.2) is 0 Å². The molecule has 2 aromatic carbocycles. The average Bonchev–Trinajstić information content (AvgIpc) is 3.41. The SMILES string of the molecule is CN(C)C/C=C/C(=O)Nc1ccc(C(=O)N2CCCC(CNc3ncc(Cl)c(-c4c[nH]c5ccccc45)n3)C2)cc1. The summed E-state index contributed by atoms with van der Waals surface area (Å²) in [5.74, 6) is 0.557. The van der Waals surface area contributed by atoms with E-state index in [1.165, 1.54) is 6.08 Å². The maximum absolute atomic E-state index is 13.2. The van der Waals surface area contributed by atoms with Gasteiger partial charge in [0.2, 0.25) is 11.9 Å². The number of carbonyl (C=O) groups excluding carboxylic acids is 2. The number of benzene rings is 2. The highest BCUT2D eigenvalue weighted by Crippen LogP contribution is 2.32. The standard InChI is InChI=1S/C31H34ClN7O2/c1-38(2)15-6-10-28(40)36-23-13-11-22(12-14-23)30(41)39-16-5-7-21(20-39)17-34-31-35-19-26(32)29(37-31)25-18-33-27-9-4-3-8-24(25)27/h3-4,6,8-14,18-19,21,33H,5,7,15-17,20H2,1-2H3,(H,36,40)(H,34,35,37)/b10-6+. The Morgan fingerprint density at radius 2 is 1.98 bits per heavy atom. The fourth-order valence-electron chi connectivity index (χ4n) is 4.99. The summed E-state index contributed by atoms with van der Waals surface area (Å²) in [4.78, 5) is 41.6. The molecule has 4 aromatic rings. The zero-order valence-electron chi connectivity index (χ0n) is 23.2. The molecule has 0 aliphatic carbocycles. The van der Waals surface area contributed by atoms with Crippen LogP contribution in [0.5, 0.6) is 0 Å². The van der Waals surface area contributed by atoms with Crippen molar-refractivity contribution in [2.75, 3.05) is 50.9 Å². The van der Waals surface area contributed by atoms with Crippen LogP contribution in [0.4, 0.5) is 11.6 Å². The third-order valence-electron chi connectivity index (χ3n) is 7.08. The minimum atomic E-state index is -0.199. The van der Waals surface area contributed by atoms with Gasteiger partial charge in [-0.25, -0.2) is 9.97 Å². The molecule has 1 saturated heterocycles. The van der Waals surface area contributed by atoms with E-state index in [2.05, 4.69) is 20.6 Å². The Morgan fingerprint density at radius 3 is 2.78 bits per heavy atom. The summed E-state index contributed by atoms with van der Waals surface area (Å²) in [5.41, 5.74) is 3.87. The van der Waals surface area contributed by atoms with Crippen LogP contribution in [0.1, 0.15) is 23.2 Å². The molecular weight excluding hydrogens is 538 g/mol. The molecule has 0 radical (unpaired) electrons. The summed E-state index contributed by atoms with van der Waals surface area (Å²) in [6.45, 7) is 2.69. The van der Waals surface area contributed by atoms with E-state index in [4.69, 9.17) is 16.6 Å². The smallest absolute Gasteiger partial charge is 0.253 e. The van der Waals surface area contributed by atoms with Gasteiger partial charge in [0.05, 0.1) is 16.9 Å². The number of piperidine rings is 1. The molecule has 10 heteroatoms. The summed E-state index contributed by atoms with van der Waals surface area (Å²) in [6, 6.07) is 15.1. The molecule has 212 valence electrons. The maximum atomic E-state index is 13.2. The number of fused-ring (bicyclic) bond motifs is 1. The van der Waals surface area contributed by atoms with Gasteiger partial charge in [-0.3, -0.25) is 9.59 Å². The van der Waals surface area contributed by atoms with Crippen LogP contribution in [-0.4, -0.2) is 76.8 Å². The number of carbonyl (C=O) groups is 2. The monoisotopic (exact) mass is 571 g/mol. The lowest BCUT2D eigenvalue weighted by atomic mass is 9.97. The molecule has 3 N–H and O–H groups in total. The summed E-state index contributed by atoms with van der Waals surface area (Å²) in [6.07, 6.45) is 8.78. The Hall–Kier alpha value is -4.21. The summed E-state index contributed by atoms with van der Waals surface area (Å²) >= 11 is 6.48. The van der Waals surface area contributed by atoms with E-state index in [-0.39, 0.29) is 17.7 Å². The van der Waals surface area contributed by atoms with Crippen LogP contribution in [0.2, 0.25) is 5.02 Å². The van der Waals surface area contributed by atoms with Gasteiger partial charge in [-0.1, -0.05) is 35.9 Å². The van der Waals surface area contributed by atoms with Crippen molar-refractivity contribution >= 4 is 46.0 Å². The number of rotatable bonds is 9. The molecule has 3 heterocycles. The number of likely N-dealkylation sites (tertiary alicyclic amines) is 1. The topological polar surface area (TPSA) is 106 Å². The second-order valence-electron chi connectivity index (χ2n) is 10.5. The minimum Gasteiger partial charge on any atom is -0.360 e. The Balaban J connectivity index is 1.17. The first kappa shape index (κ1) is 28.3. The van der Waals surface area contributed by atoms with Crippen molar-refractivity contribution in [3.05, 3.63) is 83.7 Å². The number of anilines is 2. The van der Waals surface area contributed by atoms with Crippen LogP contribution >= 0.6 is 11.6 Å². The summed E-state index contributed by atoms with van der Waals surface area (Å²) in [7, 11) is 3.88. The summed E-state index contributed by atoms with van der Waals surface area (Å²) < 4.78 is 0. The van der Waals surface area contributed by atoms with Crippen LogP contribution in [0.15, 0.2) is 73.1 Å². The molecule has 0 bridgehead atoms. The van der Waals surface area contributed by atoms with Crippen molar-refractivity contribution in [2.24, 2.45) is 5.92 Å². The lowest BCUT2D eigenvalue weighted by molar-refractivity contribution is -0.111. The van der Waals surface area contributed by atoms with Crippen LogP contribution < -0.4 is 10.6 Å². The molecule has 1 atom stereocenters. The molecule has 0 spiro atoms. The average molecular weight is 572 g/mol. The number of aromatic amines is 1. The van der Waals surface area contributed by atoms with E-state index in [1.54, 1.807) is 36.5 Å². The van der Waals surface area contributed by atoms with Crippen LogP contribution in [0, 0.1) is 5.92 Å². The van der Waals surface area contributed by atoms with Crippen molar-refractivity contribution in [3.8, 4) is 11.3 Å². The van der Waals surface area contributed by atoms with E-state index in [0.29, 0.717) is 54.1 Å². The number of para-hydroxylation sites is 1. The van der Waals surface area contributed by atoms with Gasteiger partial charge >= 0.3 is 0 Å². The number of nitrogens with one attached hydrogen (secondary N) is 3. The lowest BCUT2D eigenvalue weighted by Crippen LogP contribution is -2.41. The van der Waals surface area contributed by atoms with Crippen molar-refractivity contribution in [1.29, 1.82) is 0 Å². The number of halogens is 1. The fourth-order valence-corrected chi connectivity index (χ4v) is 5.19. The molecule has 5 rings (SSSR count). The highest BCUT2D eigenvalue weighted by Gasteiger charge is 2.25. The van der Waals surface area contributed by atoms with Crippen molar-refractivity contribution in [3.63, 3.8) is 0 Å². The maximum Gasteiger partial charge on any atom is 0.253 e. The first-order valence-corrected chi connectivity index (χ1v) is 14.1. The summed E-state index contributed by atoms with van der Waals surface area (Å²) in [5, 5.41) is 7.72. The van der Waals surface area contributed by atoms with Gasteiger partial charge in [-0.15, -0.1) is 0 Å². The van der Waals surface area contributed by atoms with Gasteiger partial charge in [0, 0.05) is 66.2 Å². The number of hydrogen-bond acceptors (Lipinski definition) is 6. The van der Waals surface area contributed by atoms with Gasteiger partial charge in [0.1, 0.15) is 0 Å². The number of hydrogen-bond donors (Lipinski definition) is 3. The van der Waals surface area contributed by atoms with Gasteiger partial charge in [-0.05, 0) is 63.2 Å². The minimum absolute atomic E-state index is 0.0113. The van der Waals surface area contributed by atoms with E-state index < -0.39 is 0 Å². The molecule has 1 aliphatic heterocycles. The number of amides is 2. The molecule has 2 aromatic heterocycles. The number of H-pyrrole nitrogens is 1. The normalized spacial score (nSPS) is 15.5. The second-order valence-corrected chi connectivity index (χ2v) is 10.9. The van der Waals surface area contributed by atoms with Crippen LogP contribution in [0.25, 0.3) is 22.2 Å². The largest absolute Gasteiger partial charge is 0.360 e. The molecule has 41 heavy (non-hydrogen) atoms. The first-order chi connectivity index (χ1) is 19.9. The van der Waals surface area contributed by atoms with Gasteiger partial charge < -0.3 is 25.4 Å². The van der Waals surface area contributed by atoms with Gasteiger partial charge in [-0.2, -0.15) is 0 Å². The molecule has 0 saturated carbocycles. The molecule has 1 fully saturated rings. The highest BCUT2D eigenvalue weighted by atomic mass is 35.5. The van der Waals surface area contributed by atoms with E-state index in [0.717, 1.165) is 29.3 Å². The van der Waals surface area contributed by atoms with Crippen LogP contribution in [-0.2, 0) is 4.79 Å². The Bertz CT molecular complexity index is 1550. The molecule has 1 unspecified atom stereocenters. The predicted octanol–water partition coefficient (Wildman–Crippen LogP) is 5.30. The highest BCUT2D eigenvalue weighted by molar-refractivity contribution is 6.33. The zero-order chi connectivity index (χ0) is 28.8. The molecule has 2 amide bonds. The number of aromatic nitrogens is 3. The molecule has 1 aliphatic rings. The van der Waals surface area contributed by atoms with Crippen molar-refractivity contribution in [2.45, 2.75) is 12.8 Å². The quantitative estimate of drug-likeness (QED) is 0.235. The Kier molecular flexibility index (Phi) is 8.96. The van der Waals surface area contributed by atoms with Crippen molar-refractivity contribution in [1.82, 2.24) is 24.8 Å². The van der Waals surface area contributed by atoms with E-state index in [9.17, 15) is 9.59 Å². The van der Waals surface area contributed by atoms with E-state index in [1.807, 2.05) is 54.4 Å². The first-order valence-electron chi connectivity index (χ1n) is 13.7. The molecular formula is C31H34ClN7O2. The zero-order valence-corrected chi connectivity index (χ0v) is 24.0.